The summed E-state index contributed by atoms with van der Waals surface area (Å²) in [6.07, 6.45) is 3.40. The molecular weight excluding hydrogens is 394 g/mol. The molecule has 0 spiro atoms. The maximum absolute atomic E-state index is 12.1. The molecule has 0 aliphatic carbocycles. The van der Waals surface area contributed by atoms with Crippen molar-refractivity contribution in [2.45, 2.75) is 29.7 Å². The quantitative estimate of drug-likeness (QED) is 0.632. The van der Waals surface area contributed by atoms with Crippen molar-refractivity contribution < 1.29 is 13.2 Å². The minimum atomic E-state index is -3.28. The first-order valence-corrected chi connectivity index (χ1v) is 12.1. The van der Waals surface area contributed by atoms with Crippen molar-refractivity contribution in [1.29, 1.82) is 0 Å². The summed E-state index contributed by atoms with van der Waals surface area (Å²) in [6, 6.07) is 24.1. The van der Waals surface area contributed by atoms with E-state index in [1.165, 1.54) is 17.4 Å². The van der Waals surface area contributed by atoms with Gasteiger partial charge >= 0.3 is 0 Å². The number of rotatable bonds is 5. The number of ether oxygens (including phenoxy) is 1. The van der Waals surface area contributed by atoms with E-state index in [4.69, 9.17) is 4.74 Å². The lowest BCUT2D eigenvalue weighted by Crippen LogP contribution is -2.30. The maximum atomic E-state index is 12.1. The Morgan fingerprint density at radius 1 is 0.900 bits per heavy atom. The van der Waals surface area contributed by atoms with E-state index in [2.05, 4.69) is 29.6 Å². The van der Waals surface area contributed by atoms with E-state index >= 15 is 0 Å². The number of hydrogen-bond donors (Lipinski definition) is 1. The van der Waals surface area contributed by atoms with E-state index < -0.39 is 9.84 Å². The van der Waals surface area contributed by atoms with Crippen molar-refractivity contribution in [2.75, 3.05) is 19.9 Å². The maximum Gasteiger partial charge on any atom is 0.176 e. The standard InChI is InChI=1S/C25H27NO3S/c1-29-22-13-11-18(12-14-22)21-15-16-26-24(17-21)20-9-7-19(8-10-20)23-5-3-4-6-25(23)30(2,27)28/h3-14,21,24,26H,15-17H2,1-2H3. The fourth-order valence-electron chi connectivity index (χ4n) is 4.27. The molecule has 156 valence electrons. The van der Waals surface area contributed by atoms with Crippen LogP contribution in [-0.2, 0) is 9.84 Å². The lowest BCUT2D eigenvalue weighted by molar-refractivity contribution is 0.369. The molecular formula is C25H27NO3S. The molecule has 0 aromatic heterocycles. The molecule has 0 bridgehead atoms. The Morgan fingerprint density at radius 2 is 1.57 bits per heavy atom. The molecule has 1 aliphatic rings. The van der Waals surface area contributed by atoms with Gasteiger partial charge in [0.05, 0.1) is 12.0 Å². The van der Waals surface area contributed by atoms with E-state index in [-0.39, 0.29) is 6.04 Å². The lowest BCUT2D eigenvalue weighted by Gasteiger charge is -2.31. The van der Waals surface area contributed by atoms with Gasteiger partial charge in [0.15, 0.2) is 9.84 Å². The highest BCUT2D eigenvalue weighted by Gasteiger charge is 2.24. The average molecular weight is 422 g/mol. The number of piperidine rings is 1. The molecule has 0 radical (unpaired) electrons. The molecule has 1 saturated heterocycles. The summed E-state index contributed by atoms with van der Waals surface area (Å²) < 4.78 is 29.5. The molecule has 0 amide bonds. The highest BCUT2D eigenvalue weighted by Crippen LogP contribution is 2.36. The third kappa shape index (κ3) is 4.42. The normalized spacial score (nSPS) is 19.4. The topological polar surface area (TPSA) is 55.4 Å². The number of benzene rings is 3. The molecule has 30 heavy (non-hydrogen) atoms. The third-order valence-electron chi connectivity index (χ3n) is 5.90. The van der Waals surface area contributed by atoms with Crippen molar-refractivity contribution in [3.63, 3.8) is 0 Å². The molecule has 0 saturated carbocycles. The molecule has 3 aromatic rings. The van der Waals surface area contributed by atoms with Crippen molar-refractivity contribution in [3.05, 3.63) is 83.9 Å². The summed E-state index contributed by atoms with van der Waals surface area (Å²) in [5.41, 5.74) is 4.25. The van der Waals surface area contributed by atoms with Gasteiger partial charge < -0.3 is 10.1 Å². The molecule has 2 unspecified atom stereocenters. The van der Waals surface area contributed by atoms with Crippen LogP contribution in [0.25, 0.3) is 11.1 Å². The molecule has 1 N–H and O–H groups in total. The third-order valence-corrected chi connectivity index (χ3v) is 7.06. The predicted octanol–water partition coefficient (Wildman–Crippen LogP) is 4.97. The van der Waals surface area contributed by atoms with Gasteiger partial charge in [0.25, 0.3) is 0 Å². The first-order chi connectivity index (χ1) is 14.5. The van der Waals surface area contributed by atoms with Crippen LogP contribution in [0, 0.1) is 0 Å². The second kappa shape index (κ2) is 8.62. The van der Waals surface area contributed by atoms with E-state index in [1.807, 2.05) is 36.4 Å². The van der Waals surface area contributed by atoms with Crippen LogP contribution in [0.15, 0.2) is 77.7 Å². The highest BCUT2D eigenvalue weighted by molar-refractivity contribution is 7.90. The van der Waals surface area contributed by atoms with Crippen LogP contribution in [0.2, 0.25) is 0 Å². The van der Waals surface area contributed by atoms with Crippen molar-refractivity contribution in [1.82, 2.24) is 5.32 Å². The van der Waals surface area contributed by atoms with E-state index in [1.54, 1.807) is 19.2 Å². The van der Waals surface area contributed by atoms with Gasteiger partial charge in [-0.15, -0.1) is 0 Å². The Kier molecular flexibility index (Phi) is 5.93. The van der Waals surface area contributed by atoms with E-state index in [0.717, 1.165) is 36.3 Å². The monoisotopic (exact) mass is 421 g/mol. The Labute approximate surface area is 178 Å². The molecule has 1 fully saturated rings. The van der Waals surface area contributed by atoms with Gasteiger partial charge in [0, 0.05) is 17.9 Å². The predicted molar refractivity (Wildman–Crippen MR) is 121 cm³/mol. The molecule has 1 aliphatic heterocycles. The van der Waals surface area contributed by atoms with E-state index in [9.17, 15) is 8.42 Å². The van der Waals surface area contributed by atoms with Gasteiger partial charge in [0.1, 0.15) is 5.75 Å². The summed E-state index contributed by atoms with van der Waals surface area (Å²) in [5.74, 6) is 1.39. The SMILES string of the molecule is COc1ccc(C2CCNC(c3ccc(-c4ccccc4S(C)(=O)=O)cc3)C2)cc1. The molecule has 1 heterocycles. The van der Waals surface area contributed by atoms with Crippen LogP contribution in [0.1, 0.15) is 35.9 Å². The molecule has 5 heteroatoms. The largest absolute Gasteiger partial charge is 0.497 e. The Balaban J connectivity index is 1.54. The number of sulfone groups is 1. The average Bonchev–Trinajstić information content (AvgIpc) is 2.79. The lowest BCUT2D eigenvalue weighted by atomic mass is 9.84. The molecule has 4 nitrogen and oxygen atoms in total. The fraction of sp³-hybridized carbons (Fsp3) is 0.280. The summed E-state index contributed by atoms with van der Waals surface area (Å²) >= 11 is 0. The molecule has 4 rings (SSSR count). The van der Waals surface area contributed by atoms with Gasteiger partial charge in [0.2, 0.25) is 0 Å². The van der Waals surface area contributed by atoms with Gasteiger partial charge in [-0.05, 0) is 60.2 Å². The Morgan fingerprint density at radius 3 is 2.23 bits per heavy atom. The van der Waals surface area contributed by atoms with Crippen LogP contribution in [0.4, 0.5) is 0 Å². The highest BCUT2D eigenvalue weighted by atomic mass is 32.2. The zero-order valence-electron chi connectivity index (χ0n) is 17.3. The van der Waals surface area contributed by atoms with Gasteiger partial charge in [-0.3, -0.25) is 0 Å². The van der Waals surface area contributed by atoms with Crippen LogP contribution in [0.5, 0.6) is 5.75 Å². The zero-order valence-corrected chi connectivity index (χ0v) is 18.2. The van der Waals surface area contributed by atoms with Crippen LogP contribution < -0.4 is 10.1 Å². The number of nitrogens with one attached hydrogen (secondary N) is 1. The summed E-state index contributed by atoms with van der Waals surface area (Å²) in [6.45, 7) is 0.972. The number of methoxy groups -OCH3 is 1. The van der Waals surface area contributed by atoms with E-state index in [0.29, 0.717) is 10.8 Å². The first-order valence-electron chi connectivity index (χ1n) is 10.2. The van der Waals surface area contributed by atoms with Crippen molar-refractivity contribution >= 4 is 9.84 Å². The smallest absolute Gasteiger partial charge is 0.176 e. The second-order valence-corrected chi connectivity index (χ2v) is 9.88. The zero-order chi connectivity index (χ0) is 21.1. The van der Waals surface area contributed by atoms with Gasteiger partial charge in [-0.2, -0.15) is 0 Å². The number of hydrogen-bond acceptors (Lipinski definition) is 4. The molecule has 2 atom stereocenters. The Hall–Kier alpha value is -2.63. The second-order valence-electron chi connectivity index (χ2n) is 7.89. The Bertz CT molecular complexity index is 1110. The first kappa shape index (κ1) is 20.6. The minimum absolute atomic E-state index is 0.282. The summed E-state index contributed by atoms with van der Waals surface area (Å²) in [5, 5.41) is 3.63. The van der Waals surface area contributed by atoms with Crippen LogP contribution >= 0.6 is 0 Å². The van der Waals surface area contributed by atoms with Crippen molar-refractivity contribution in [2.24, 2.45) is 0 Å². The van der Waals surface area contributed by atoms with Crippen LogP contribution in [0.3, 0.4) is 0 Å². The fourth-order valence-corrected chi connectivity index (χ4v) is 5.18. The van der Waals surface area contributed by atoms with Crippen LogP contribution in [-0.4, -0.2) is 28.3 Å². The van der Waals surface area contributed by atoms with Gasteiger partial charge in [-0.1, -0.05) is 54.6 Å². The summed E-state index contributed by atoms with van der Waals surface area (Å²) in [7, 11) is -1.59. The van der Waals surface area contributed by atoms with Gasteiger partial charge in [-0.25, -0.2) is 8.42 Å². The van der Waals surface area contributed by atoms with Crippen molar-refractivity contribution in [3.8, 4) is 16.9 Å². The molecule has 3 aromatic carbocycles. The minimum Gasteiger partial charge on any atom is -0.497 e. The summed E-state index contributed by atoms with van der Waals surface area (Å²) in [4.78, 5) is 0.369.